The topological polar surface area (TPSA) is 17.8 Å². The molecule has 0 atom stereocenters. The van der Waals surface area contributed by atoms with Crippen LogP contribution in [0.2, 0.25) is 19.6 Å². The molecule has 0 aliphatic heterocycles. The Kier molecular flexibility index (Phi) is 1.44. The van der Waals surface area contributed by atoms with E-state index >= 15 is 0 Å². The molecule has 1 aromatic rings. The predicted octanol–water partition coefficient (Wildman–Crippen LogP) is 1.57. The minimum atomic E-state index is -1.13. The summed E-state index contributed by atoms with van der Waals surface area (Å²) in [7, 11) is -1.13. The second-order valence-corrected chi connectivity index (χ2v) is 8.00. The molecule has 0 aliphatic rings. The lowest BCUT2D eigenvalue weighted by atomic mass is 11.0. The van der Waals surface area contributed by atoms with Crippen LogP contribution in [0.4, 0.5) is 0 Å². The molecule has 0 saturated heterocycles. The van der Waals surface area contributed by atoms with E-state index in [-0.39, 0.29) is 0 Å². The van der Waals surface area contributed by atoms with Gasteiger partial charge in [0.2, 0.25) is 0 Å². The van der Waals surface area contributed by atoms with Crippen molar-refractivity contribution in [2.24, 2.45) is 0 Å². The van der Waals surface area contributed by atoms with Crippen LogP contribution < -0.4 is 0 Å². The summed E-state index contributed by atoms with van der Waals surface area (Å²) >= 11 is 0. The predicted molar refractivity (Wildman–Crippen MR) is 41.0 cm³/mol. The Morgan fingerprint density at radius 2 is 2.00 bits per heavy atom. The third kappa shape index (κ3) is 1.42. The maximum Gasteiger partial charge on any atom is 0.0583 e. The van der Waals surface area contributed by atoms with Gasteiger partial charge < -0.3 is 4.23 Å². The van der Waals surface area contributed by atoms with Crippen molar-refractivity contribution in [3.63, 3.8) is 0 Å². The van der Waals surface area contributed by atoms with Crippen LogP contribution in [0.25, 0.3) is 0 Å². The van der Waals surface area contributed by atoms with E-state index in [1.807, 2.05) is 18.7 Å². The van der Waals surface area contributed by atoms with E-state index in [0.29, 0.717) is 0 Å². The van der Waals surface area contributed by atoms with Crippen LogP contribution >= 0.6 is 0 Å². The van der Waals surface area contributed by atoms with Gasteiger partial charge in [-0.05, 0) is 14.4 Å². The van der Waals surface area contributed by atoms with Crippen LogP contribution in [0.15, 0.2) is 18.7 Å². The molecule has 0 radical (unpaired) electrons. The van der Waals surface area contributed by atoms with Crippen LogP contribution in [-0.2, 0) is 0 Å². The SMILES string of the molecule is C[Si-](C)(C)n1ccnc1. The summed E-state index contributed by atoms with van der Waals surface area (Å²) in [6.45, 7) is 6.86. The summed E-state index contributed by atoms with van der Waals surface area (Å²) in [5.41, 5.74) is 0. The van der Waals surface area contributed by atoms with Gasteiger partial charge in [0.05, 0.1) is 6.33 Å². The quantitative estimate of drug-likeness (QED) is 0.541. The van der Waals surface area contributed by atoms with Crippen molar-refractivity contribution in [3.8, 4) is 0 Å². The fourth-order valence-electron chi connectivity index (χ4n) is 0.656. The second kappa shape index (κ2) is 1.99. The highest BCUT2D eigenvalue weighted by atomic mass is 28.3. The third-order valence-corrected chi connectivity index (χ3v) is 3.09. The maximum absolute atomic E-state index is 3.99. The average Bonchev–Trinajstić information content (AvgIpc) is 2.08. The zero-order valence-corrected chi connectivity index (χ0v) is 7.13. The summed E-state index contributed by atoms with van der Waals surface area (Å²) in [6, 6.07) is 0. The van der Waals surface area contributed by atoms with Crippen molar-refractivity contribution < 1.29 is 0 Å². The lowest BCUT2D eigenvalue weighted by Crippen LogP contribution is -2.30. The summed E-state index contributed by atoms with van der Waals surface area (Å²) in [4.78, 5) is 3.99. The summed E-state index contributed by atoms with van der Waals surface area (Å²) in [6.07, 6.45) is 5.76. The van der Waals surface area contributed by atoms with Gasteiger partial charge in [0, 0.05) is 6.20 Å². The fourth-order valence-corrected chi connectivity index (χ4v) is 1.58. The molecule has 51 valence electrons. The van der Waals surface area contributed by atoms with Crippen molar-refractivity contribution in [1.82, 2.24) is 9.22 Å². The Bertz CT molecular complexity index is 173. The van der Waals surface area contributed by atoms with Gasteiger partial charge in [-0.25, -0.2) is 4.98 Å². The molecular formula is C6H12N2Si-. The highest BCUT2D eigenvalue weighted by Crippen LogP contribution is 2.03. The third-order valence-electron chi connectivity index (χ3n) is 1.28. The van der Waals surface area contributed by atoms with Crippen molar-refractivity contribution in [2.75, 3.05) is 0 Å². The highest BCUT2D eigenvalue weighted by molar-refractivity contribution is 6.74. The molecule has 0 N–H and O–H groups in total. The van der Waals surface area contributed by atoms with Gasteiger partial charge in [0.25, 0.3) is 0 Å². The van der Waals surface area contributed by atoms with Crippen LogP contribution in [0.1, 0.15) is 0 Å². The van der Waals surface area contributed by atoms with Crippen molar-refractivity contribution in [2.45, 2.75) is 19.6 Å². The molecule has 1 heterocycles. The molecule has 0 saturated carbocycles. The number of aromatic nitrogens is 2. The molecule has 0 bridgehead atoms. The first-order valence-corrected chi connectivity index (χ1v) is 6.54. The van der Waals surface area contributed by atoms with E-state index in [4.69, 9.17) is 0 Å². The molecule has 0 fully saturated rings. The monoisotopic (exact) mass is 140 g/mol. The van der Waals surface area contributed by atoms with Crippen LogP contribution in [0.3, 0.4) is 0 Å². The van der Waals surface area contributed by atoms with Gasteiger partial charge >= 0.3 is 0 Å². The molecule has 1 aromatic heterocycles. The second-order valence-electron chi connectivity index (χ2n) is 3.14. The van der Waals surface area contributed by atoms with Crippen LogP contribution in [-0.4, -0.2) is 17.5 Å². The van der Waals surface area contributed by atoms with Crippen LogP contribution in [0, 0.1) is 0 Å². The zero-order valence-electron chi connectivity index (χ0n) is 6.13. The minimum absolute atomic E-state index is 1.13. The summed E-state index contributed by atoms with van der Waals surface area (Å²) in [5, 5.41) is 0. The van der Waals surface area contributed by atoms with E-state index in [2.05, 4.69) is 28.9 Å². The number of imidazole rings is 1. The molecule has 3 heteroatoms. The van der Waals surface area contributed by atoms with Gasteiger partial charge in [-0.3, -0.25) is 0 Å². The Balaban J connectivity index is 2.90. The molecule has 9 heavy (non-hydrogen) atoms. The van der Waals surface area contributed by atoms with E-state index < -0.39 is 8.24 Å². The standard InChI is InChI=1S/C6H12N2Si/c1-9(2,3)8-5-4-7-6-8/h4-6H,1-3H3/q-1. The Morgan fingerprint density at radius 3 is 2.22 bits per heavy atom. The van der Waals surface area contributed by atoms with Crippen LogP contribution in [0.5, 0.6) is 0 Å². The average molecular weight is 140 g/mol. The van der Waals surface area contributed by atoms with E-state index in [0.717, 1.165) is 0 Å². The maximum atomic E-state index is 3.99. The largest absolute Gasteiger partial charge is 0.491 e. The molecule has 2 nitrogen and oxygen atoms in total. The normalized spacial score (nSPS) is 11.9. The Labute approximate surface area is 56.6 Å². The molecular weight excluding hydrogens is 128 g/mol. The smallest absolute Gasteiger partial charge is 0.0583 e. The van der Waals surface area contributed by atoms with E-state index in [9.17, 15) is 0 Å². The summed E-state index contributed by atoms with van der Waals surface area (Å²) in [5.74, 6) is 0. The minimum Gasteiger partial charge on any atom is -0.491 e. The van der Waals surface area contributed by atoms with Gasteiger partial charge in [-0.1, -0.05) is 0 Å². The van der Waals surface area contributed by atoms with Gasteiger partial charge in [-0.15, -0.1) is 0 Å². The zero-order chi connectivity index (χ0) is 6.91. The molecule has 0 amide bonds. The van der Waals surface area contributed by atoms with E-state index in [1.165, 1.54) is 0 Å². The van der Waals surface area contributed by atoms with Gasteiger partial charge in [0.15, 0.2) is 0 Å². The molecule has 1 rings (SSSR count). The first-order valence-electron chi connectivity index (χ1n) is 3.09. The number of hydrogen-bond acceptors (Lipinski definition) is 1. The van der Waals surface area contributed by atoms with E-state index in [1.54, 1.807) is 0 Å². The van der Waals surface area contributed by atoms with Gasteiger partial charge in [0.1, 0.15) is 0 Å². The Morgan fingerprint density at radius 1 is 1.33 bits per heavy atom. The number of nitrogens with zero attached hydrogens (tertiary/aromatic N) is 2. The molecule has 0 unspecified atom stereocenters. The van der Waals surface area contributed by atoms with Crippen molar-refractivity contribution in [3.05, 3.63) is 18.7 Å². The van der Waals surface area contributed by atoms with Crippen molar-refractivity contribution >= 4 is 8.24 Å². The van der Waals surface area contributed by atoms with Crippen molar-refractivity contribution in [1.29, 1.82) is 0 Å². The molecule has 0 aliphatic carbocycles. The lowest BCUT2D eigenvalue weighted by molar-refractivity contribution is 1.12. The Hall–Kier alpha value is -0.573. The first kappa shape index (κ1) is 6.55. The van der Waals surface area contributed by atoms with Gasteiger partial charge in [-0.2, -0.15) is 19.6 Å². The lowest BCUT2D eigenvalue weighted by Gasteiger charge is -2.30. The fraction of sp³-hybridized carbons (Fsp3) is 0.500. The summed E-state index contributed by atoms with van der Waals surface area (Å²) < 4.78 is 2.22. The molecule has 0 aromatic carbocycles. The number of hydrogen-bond donors (Lipinski definition) is 0. The first-order chi connectivity index (χ1) is 4.11. The number of rotatable bonds is 1. The molecule has 0 spiro atoms. The highest BCUT2D eigenvalue weighted by Gasteiger charge is 2.00.